The van der Waals surface area contributed by atoms with Crippen LogP contribution >= 0.6 is 0 Å². The quantitative estimate of drug-likeness (QED) is 0.732. The molecule has 2 aromatic rings. The minimum atomic E-state index is -0.606. The second-order valence-corrected chi connectivity index (χ2v) is 8.88. The molecule has 2 aliphatic heterocycles. The van der Waals surface area contributed by atoms with Gasteiger partial charge in [-0.3, -0.25) is 14.4 Å². The van der Waals surface area contributed by atoms with E-state index in [0.717, 1.165) is 31.6 Å². The maximum Gasteiger partial charge on any atom is 0.278 e. The Kier molecular flexibility index (Phi) is 5.83. The molecule has 2 aromatic heterocycles. The summed E-state index contributed by atoms with van der Waals surface area (Å²) in [6, 6.07) is 3.54. The summed E-state index contributed by atoms with van der Waals surface area (Å²) >= 11 is 0. The molecule has 0 saturated carbocycles. The monoisotopic (exact) mass is 426 g/mol. The molecule has 0 atom stereocenters. The first-order valence-electron chi connectivity index (χ1n) is 11.3. The predicted octanol–water partition coefficient (Wildman–Crippen LogP) is 0.254. The van der Waals surface area contributed by atoms with Crippen molar-refractivity contribution in [1.29, 1.82) is 0 Å². The Morgan fingerprint density at radius 1 is 1.16 bits per heavy atom. The molecule has 8 heteroatoms. The lowest BCUT2D eigenvalue weighted by Crippen LogP contribution is -3.22. The largest absolute Gasteiger partial charge is 0.364 e. The van der Waals surface area contributed by atoms with Crippen LogP contribution in [-0.4, -0.2) is 58.0 Å². The van der Waals surface area contributed by atoms with Crippen molar-refractivity contribution in [3.05, 3.63) is 39.8 Å². The fraction of sp³-hybridized carbons (Fsp3) is 0.565. The SMILES string of the molecule is CCn1cc(C(=O)N2CCC(C(N)=O)([NH+]3CCCCC3)CC2)c(=O)c2ccc(C)nc21. The first-order chi connectivity index (χ1) is 14.9. The number of aromatic nitrogens is 2. The van der Waals surface area contributed by atoms with Crippen LogP contribution in [0.2, 0.25) is 0 Å². The Morgan fingerprint density at radius 2 is 1.84 bits per heavy atom. The molecule has 31 heavy (non-hydrogen) atoms. The first kappa shape index (κ1) is 21.5. The summed E-state index contributed by atoms with van der Waals surface area (Å²) in [4.78, 5) is 46.4. The van der Waals surface area contributed by atoms with Crippen molar-refractivity contribution in [2.24, 2.45) is 5.73 Å². The molecular weight excluding hydrogens is 394 g/mol. The topological polar surface area (TPSA) is 103 Å². The fourth-order valence-corrected chi connectivity index (χ4v) is 5.25. The molecule has 2 amide bonds. The molecule has 2 aliphatic rings. The molecule has 4 rings (SSSR count). The first-order valence-corrected chi connectivity index (χ1v) is 11.3. The van der Waals surface area contributed by atoms with Crippen molar-refractivity contribution in [2.45, 2.75) is 58.0 Å². The van der Waals surface area contributed by atoms with E-state index in [0.29, 0.717) is 43.5 Å². The van der Waals surface area contributed by atoms with E-state index in [9.17, 15) is 14.4 Å². The Balaban J connectivity index is 1.61. The number of nitrogens with two attached hydrogens (primary N) is 1. The van der Waals surface area contributed by atoms with Gasteiger partial charge in [-0.2, -0.15) is 0 Å². The molecular formula is C23H32N5O3+. The maximum absolute atomic E-state index is 13.3. The van der Waals surface area contributed by atoms with Crippen LogP contribution in [0, 0.1) is 6.92 Å². The van der Waals surface area contributed by atoms with Crippen LogP contribution < -0.4 is 16.1 Å². The number of piperidine rings is 2. The van der Waals surface area contributed by atoms with Crippen molar-refractivity contribution in [3.8, 4) is 0 Å². The highest BCUT2D eigenvalue weighted by molar-refractivity contribution is 5.97. The summed E-state index contributed by atoms with van der Waals surface area (Å²) in [7, 11) is 0. The van der Waals surface area contributed by atoms with Gasteiger partial charge >= 0.3 is 0 Å². The van der Waals surface area contributed by atoms with Crippen LogP contribution in [0.1, 0.15) is 55.1 Å². The van der Waals surface area contributed by atoms with E-state index in [1.54, 1.807) is 23.2 Å². The van der Waals surface area contributed by atoms with Gasteiger partial charge in [-0.25, -0.2) is 4.98 Å². The molecule has 0 bridgehead atoms. The third-order valence-corrected chi connectivity index (χ3v) is 7.14. The molecule has 2 fully saturated rings. The maximum atomic E-state index is 13.3. The van der Waals surface area contributed by atoms with Gasteiger partial charge in [-0.15, -0.1) is 0 Å². The summed E-state index contributed by atoms with van der Waals surface area (Å²) in [5.74, 6) is -0.543. The van der Waals surface area contributed by atoms with Crippen LogP contribution in [0.15, 0.2) is 23.1 Å². The van der Waals surface area contributed by atoms with Crippen molar-refractivity contribution < 1.29 is 14.5 Å². The van der Waals surface area contributed by atoms with Crippen molar-refractivity contribution in [2.75, 3.05) is 26.2 Å². The van der Waals surface area contributed by atoms with Gasteiger partial charge in [0, 0.05) is 44.4 Å². The van der Waals surface area contributed by atoms with Gasteiger partial charge in [0.05, 0.1) is 18.5 Å². The van der Waals surface area contributed by atoms with E-state index in [2.05, 4.69) is 4.98 Å². The number of aryl methyl sites for hydroxylation is 2. The van der Waals surface area contributed by atoms with E-state index >= 15 is 0 Å². The normalized spacial score (nSPS) is 19.5. The van der Waals surface area contributed by atoms with Crippen LogP contribution in [0.4, 0.5) is 0 Å². The smallest absolute Gasteiger partial charge is 0.278 e. The number of carbonyl (C=O) groups is 2. The van der Waals surface area contributed by atoms with Gasteiger partial charge in [-0.1, -0.05) is 0 Å². The average molecular weight is 427 g/mol. The number of hydrogen-bond acceptors (Lipinski definition) is 4. The number of primary amides is 1. The van der Waals surface area contributed by atoms with Gasteiger partial charge < -0.3 is 20.1 Å². The number of hydrogen-bond donors (Lipinski definition) is 2. The van der Waals surface area contributed by atoms with Crippen LogP contribution in [0.25, 0.3) is 11.0 Å². The van der Waals surface area contributed by atoms with Gasteiger partial charge in [-0.05, 0) is 45.2 Å². The zero-order valence-corrected chi connectivity index (χ0v) is 18.4. The van der Waals surface area contributed by atoms with Crippen LogP contribution in [0.5, 0.6) is 0 Å². The molecule has 0 spiro atoms. The summed E-state index contributed by atoms with van der Waals surface area (Å²) in [5.41, 5.74) is 6.58. The van der Waals surface area contributed by atoms with Gasteiger partial charge in [0.1, 0.15) is 11.2 Å². The molecule has 4 heterocycles. The highest BCUT2D eigenvalue weighted by Gasteiger charge is 2.49. The number of likely N-dealkylation sites (tertiary alicyclic amines) is 2. The molecule has 8 nitrogen and oxygen atoms in total. The molecule has 3 N–H and O–H groups in total. The summed E-state index contributed by atoms with van der Waals surface area (Å²) in [5, 5.41) is 0.458. The van der Waals surface area contributed by atoms with Gasteiger partial charge in [0.2, 0.25) is 5.43 Å². The Morgan fingerprint density at radius 3 is 2.45 bits per heavy atom. The van der Waals surface area contributed by atoms with E-state index in [-0.39, 0.29) is 22.8 Å². The molecule has 0 aromatic carbocycles. The van der Waals surface area contributed by atoms with Crippen molar-refractivity contribution >= 4 is 22.8 Å². The minimum absolute atomic E-state index is 0.164. The van der Waals surface area contributed by atoms with E-state index < -0.39 is 5.54 Å². The zero-order valence-electron chi connectivity index (χ0n) is 18.4. The number of nitrogens with zero attached hydrogens (tertiary/aromatic N) is 3. The van der Waals surface area contributed by atoms with Crippen LogP contribution in [-0.2, 0) is 11.3 Å². The molecule has 0 aliphatic carbocycles. The molecule has 0 radical (unpaired) electrons. The number of fused-ring (bicyclic) bond motifs is 1. The fourth-order valence-electron chi connectivity index (χ4n) is 5.25. The second-order valence-electron chi connectivity index (χ2n) is 8.88. The van der Waals surface area contributed by atoms with Crippen LogP contribution in [0.3, 0.4) is 0 Å². The third-order valence-electron chi connectivity index (χ3n) is 7.14. The Hall–Kier alpha value is -2.74. The summed E-state index contributed by atoms with van der Waals surface area (Å²) in [6.45, 7) is 7.22. The van der Waals surface area contributed by atoms with E-state index in [1.807, 2.05) is 18.4 Å². The standard InChI is InChI=1S/C23H31N5O3/c1-3-26-15-18(19(29)17-8-7-16(2)25-20(17)26)21(30)27-13-9-23(10-14-27,22(24)31)28-11-5-4-6-12-28/h7-8,15H,3-6,9-14H2,1-2H3,(H2,24,31)/p+1. The van der Waals surface area contributed by atoms with Gasteiger partial charge in [0.25, 0.3) is 11.8 Å². The molecule has 2 saturated heterocycles. The Bertz CT molecular complexity index is 1060. The van der Waals surface area contributed by atoms with Gasteiger partial charge in [0.15, 0.2) is 5.54 Å². The second kappa shape index (κ2) is 8.42. The number of rotatable bonds is 4. The Labute approximate surface area is 182 Å². The lowest BCUT2D eigenvalue weighted by atomic mass is 9.83. The van der Waals surface area contributed by atoms with Crippen molar-refractivity contribution in [1.82, 2.24) is 14.5 Å². The zero-order chi connectivity index (χ0) is 22.2. The highest BCUT2D eigenvalue weighted by Crippen LogP contribution is 2.22. The number of nitrogens with one attached hydrogen (secondary N) is 1. The average Bonchev–Trinajstić information content (AvgIpc) is 2.79. The lowest BCUT2D eigenvalue weighted by molar-refractivity contribution is -0.948. The lowest BCUT2D eigenvalue weighted by Gasteiger charge is -2.45. The highest BCUT2D eigenvalue weighted by atomic mass is 16.2. The van der Waals surface area contributed by atoms with E-state index in [4.69, 9.17) is 5.73 Å². The number of amides is 2. The summed E-state index contributed by atoms with van der Waals surface area (Å²) in [6.07, 6.45) is 6.12. The molecule has 166 valence electrons. The summed E-state index contributed by atoms with van der Waals surface area (Å²) < 4.78 is 1.85. The number of quaternary nitrogens is 1. The predicted molar refractivity (Wildman–Crippen MR) is 118 cm³/mol. The number of pyridine rings is 2. The number of carbonyl (C=O) groups excluding carboxylic acids is 2. The molecule has 0 unspecified atom stereocenters. The van der Waals surface area contributed by atoms with Crippen molar-refractivity contribution in [3.63, 3.8) is 0 Å². The minimum Gasteiger partial charge on any atom is -0.364 e. The van der Waals surface area contributed by atoms with E-state index in [1.165, 1.54) is 11.3 Å². The third kappa shape index (κ3) is 3.73.